The van der Waals surface area contributed by atoms with Crippen LogP contribution in [0.25, 0.3) is 0 Å². The molecule has 21 heavy (non-hydrogen) atoms. The van der Waals surface area contributed by atoms with Gasteiger partial charge in [-0.15, -0.1) is 23.2 Å². The number of aliphatic carboxylic acids is 1. The van der Waals surface area contributed by atoms with E-state index in [4.69, 9.17) is 69.6 Å². The molecule has 0 aromatic rings. The van der Waals surface area contributed by atoms with Crippen LogP contribution in [0.2, 0.25) is 0 Å². The van der Waals surface area contributed by atoms with E-state index in [0.29, 0.717) is 0 Å². The Balaban J connectivity index is 2.73. The summed E-state index contributed by atoms with van der Waals surface area (Å²) in [6.07, 6.45) is -0.962. The van der Waals surface area contributed by atoms with Gasteiger partial charge >= 0.3 is 11.9 Å². The molecule has 2 aliphatic rings. The molecule has 3 atom stereocenters. The fraction of sp³-hybridized carbons (Fsp3) is 0.636. The molecule has 2 rings (SSSR count). The van der Waals surface area contributed by atoms with E-state index in [0.717, 1.165) is 7.11 Å². The van der Waals surface area contributed by atoms with E-state index in [1.165, 1.54) is 0 Å². The number of ether oxygens (including phenoxy) is 1. The summed E-state index contributed by atoms with van der Waals surface area (Å²) in [4.78, 5) is 19.7. The molecule has 4 nitrogen and oxygen atoms in total. The third-order valence-electron chi connectivity index (χ3n) is 4.06. The number of allylic oxidation sites excluding steroid dienone is 2. The van der Waals surface area contributed by atoms with Gasteiger partial charge in [-0.3, -0.25) is 9.59 Å². The molecular formula is C11H8Cl6O4. The molecule has 0 unspecified atom stereocenters. The summed E-state index contributed by atoms with van der Waals surface area (Å²) >= 11 is 37.3. The first kappa shape index (κ1) is 17.8. The molecule has 0 heterocycles. The first-order valence-electron chi connectivity index (χ1n) is 5.54. The van der Waals surface area contributed by atoms with Crippen molar-refractivity contribution in [3.63, 3.8) is 0 Å². The van der Waals surface area contributed by atoms with Crippen molar-refractivity contribution in [1.29, 1.82) is 0 Å². The summed E-state index contributed by atoms with van der Waals surface area (Å²) in [5.41, 5.74) is -1.94. The molecule has 10 heteroatoms. The number of alkyl halides is 4. The van der Waals surface area contributed by atoms with Crippen molar-refractivity contribution in [1.82, 2.24) is 0 Å². The summed E-state index contributed by atoms with van der Waals surface area (Å²) in [5, 5.41) is 9.26. The average Bonchev–Trinajstić information content (AvgIpc) is 2.59. The zero-order chi connectivity index (χ0) is 16.4. The van der Waals surface area contributed by atoms with E-state index in [2.05, 4.69) is 4.74 Å². The number of esters is 1. The maximum atomic E-state index is 11.9. The maximum absolute atomic E-state index is 11.9. The van der Waals surface area contributed by atoms with Crippen LogP contribution in [0.5, 0.6) is 0 Å². The second-order valence-electron chi connectivity index (χ2n) is 4.98. The predicted octanol–water partition coefficient (Wildman–Crippen LogP) is 3.86. The van der Waals surface area contributed by atoms with Gasteiger partial charge in [0, 0.05) is 0 Å². The quantitative estimate of drug-likeness (QED) is 0.560. The number of carbonyl (C=O) groups is 2. The van der Waals surface area contributed by atoms with Crippen LogP contribution in [0.3, 0.4) is 0 Å². The fourth-order valence-electron chi connectivity index (χ4n) is 2.91. The number of fused-ring (bicyclic) bond motifs is 2. The van der Waals surface area contributed by atoms with E-state index in [1.807, 2.05) is 0 Å². The Morgan fingerprint density at radius 3 is 2.05 bits per heavy atom. The van der Waals surface area contributed by atoms with Gasteiger partial charge in [0.15, 0.2) is 4.33 Å². The number of methoxy groups -OCH3 is 1. The number of hydrogen-bond donors (Lipinski definition) is 1. The lowest BCUT2D eigenvalue weighted by Gasteiger charge is -2.40. The summed E-state index contributed by atoms with van der Waals surface area (Å²) in [6.45, 7) is 0. The van der Waals surface area contributed by atoms with Crippen molar-refractivity contribution < 1.29 is 19.4 Å². The van der Waals surface area contributed by atoms with Crippen LogP contribution in [0, 0.1) is 5.41 Å². The second kappa shape index (κ2) is 4.96. The van der Waals surface area contributed by atoms with Gasteiger partial charge in [0.2, 0.25) is 0 Å². The number of carboxylic acids is 1. The van der Waals surface area contributed by atoms with Crippen molar-refractivity contribution in [2.24, 2.45) is 5.41 Å². The van der Waals surface area contributed by atoms with Crippen LogP contribution >= 0.6 is 69.6 Å². The molecule has 0 amide bonds. The second-order valence-corrected chi connectivity index (χ2v) is 8.27. The van der Waals surface area contributed by atoms with Crippen LogP contribution in [0.4, 0.5) is 0 Å². The molecule has 1 N–H and O–H groups in total. The summed E-state index contributed by atoms with van der Waals surface area (Å²) in [6, 6.07) is 0. The molecule has 0 radical (unpaired) electrons. The van der Waals surface area contributed by atoms with E-state index < -0.39 is 37.9 Å². The summed E-state index contributed by atoms with van der Waals surface area (Å²) in [7, 11) is 1.11. The Labute approximate surface area is 150 Å². The summed E-state index contributed by atoms with van der Waals surface area (Å²) < 4.78 is 2.51. The number of carboxylic acid groups (broad SMARTS) is 1. The Bertz CT molecular complexity index is 575. The zero-order valence-electron chi connectivity index (χ0n) is 10.4. The van der Waals surface area contributed by atoms with Gasteiger partial charge < -0.3 is 9.84 Å². The Morgan fingerprint density at radius 2 is 1.71 bits per heavy atom. The minimum absolute atomic E-state index is 0.118. The third kappa shape index (κ3) is 1.78. The highest BCUT2D eigenvalue weighted by molar-refractivity contribution is 6.66. The van der Waals surface area contributed by atoms with Gasteiger partial charge in [0.25, 0.3) is 0 Å². The largest absolute Gasteiger partial charge is 0.481 e. The van der Waals surface area contributed by atoms with Gasteiger partial charge in [-0.1, -0.05) is 46.4 Å². The molecule has 0 aliphatic heterocycles. The van der Waals surface area contributed by atoms with Crippen LogP contribution in [-0.4, -0.2) is 38.2 Å². The highest BCUT2D eigenvalue weighted by atomic mass is 35.5. The van der Waals surface area contributed by atoms with E-state index in [-0.39, 0.29) is 16.5 Å². The maximum Gasteiger partial charge on any atom is 0.312 e. The third-order valence-corrected chi connectivity index (χ3v) is 8.38. The Morgan fingerprint density at radius 1 is 1.19 bits per heavy atom. The average molecular weight is 417 g/mol. The zero-order valence-corrected chi connectivity index (χ0v) is 14.9. The molecule has 2 bridgehead atoms. The highest BCUT2D eigenvalue weighted by Gasteiger charge is 2.86. The first-order valence-corrected chi connectivity index (χ1v) is 7.81. The molecule has 118 valence electrons. The van der Waals surface area contributed by atoms with Crippen molar-refractivity contribution in [3.8, 4) is 0 Å². The molecule has 0 aromatic carbocycles. The topological polar surface area (TPSA) is 63.6 Å². The van der Waals surface area contributed by atoms with Crippen LogP contribution in [-0.2, 0) is 14.3 Å². The lowest BCUT2D eigenvalue weighted by Crippen LogP contribution is -2.53. The van der Waals surface area contributed by atoms with Crippen molar-refractivity contribution in [2.45, 2.75) is 26.9 Å². The molecular weight excluding hydrogens is 409 g/mol. The van der Waals surface area contributed by atoms with Crippen molar-refractivity contribution >= 4 is 81.5 Å². The smallest absolute Gasteiger partial charge is 0.312 e. The monoisotopic (exact) mass is 414 g/mol. The number of carbonyl (C=O) groups excluding carboxylic acids is 1. The minimum atomic E-state index is -2.05. The van der Waals surface area contributed by atoms with Gasteiger partial charge in [-0.05, 0) is 6.42 Å². The van der Waals surface area contributed by atoms with Gasteiger partial charge in [0.1, 0.15) is 15.2 Å². The lowest BCUT2D eigenvalue weighted by atomic mass is 9.72. The van der Waals surface area contributed by atoms with Crippen LogP contribution < -0.4 is 0 Å². The Hall–Kier alpha value is 0.420. The minimum Gasteiger partial charge on any atom is -0.481 e. The van der Waals surface area contributed by atoms with Crippen molar-refractivity contribution in [3.05, 3.63) is 10.1 Å². The number of hydrogen-bond acceptors (Lipinski definition) is 3. The first-order chi connectivity index (χ1) is 9.42. The van der Waals surface area contributed by atoms with Gasteiger partial charge in [-0.2, -0.15) is 0 Å². The fourth-order valence-corrected chi connectivity index (χ4v) is 5.89. The number of halogens is 6. The molecule has 0 saturated heterocycles. The van der Waals surface area contributed by atoms with Gasteiger partial charge in [-0.25, -0.2) is 0 Å². The molecule has 2 aliphatic carbocycles. The normalized spacial score (nSPS) is 40.5. The summed E-state index contributed by atoms with van der Waals surface area (Å²) in [5.74, 6) is -2.23. The van der Waals surface area contributed by atoms with Crippen LogP contribution in [0.1, 0.15) is 12.8 Å². The Kier molecular flexibility index (Phi) is 4.19. The molecule has 0 aromatic heterocycles. The molecule has 1 saturated carbocycles. The van der Waals surface area contributed by atoms with Crippen LogP contribution in [0.15, 0.2) is 10.1 Å². The molecule has 0 spiro atoms. The standard InChI is InChI=1S/C11H8Cl6O4/c1-21-4(18)2-8(7(19)20)3-9(14)5(12)6(13)10(8,15)11(9,16)17/h2-3H2,1H3,(H,19,20)/t8-,9+,10-/m1/s1. The van der Waals surface area contributed by atoms with Gasteiger partial charge in [0.05, 0.1) is 23.6 Å². The van der Waals surface area contributed by atoms with Crippen molar-refractivity contribution in [2.75, 3.05) is 7.11 Å². The lowest BCUT2D eigenvalue weighted by molar-refractivity contribution is -0.158. The predicted molar refractivity (Wildman–Crippen MR) is 81.7 cm³/mol. The van der Waals surface area contributed by atoms with E-state index >= 15 is 0 Å². The molecule has 1 fully saturated rings. The highest BCUT2D eigenvalue weighted by Crippen LogP contribution is 2.78. The van der Waals surface area contributed by atoms with E-state index in [9.17, 15) is 14.7 Å². The number of rotatable bonds is 3. The van der Waals surface area contributed by atoms with E-state index in [1.54, 1.807) is 0 Å². The SMILES string of the molecule is COC(=O)C[C@]1(C(=O)O)C[C@]2(Cl)C(Cl)=C(Cl)[C@]1(Cl)C2(Cl)Cl.